The number of imidazole rings is 1. The lowest BCUT2D eigenvalue weighted by Gasteiger charge is -2.35. The van der Waals surface area contributed by atoms with Gasteiger partial charge in [-0.2, -0.15) is 0 Å². The molecular formula is C27H32N9O15P2-2. The number of benzene rings is 1. The Labute approximate surface area is 296 Å². The third-order valence-electron chi connectivity index (χ3n) is 8.44. The summed E-state index contributed by atoms with van der Waals surface area (Å²) in [6, 6.07) is 3.30. The molecule has 0 spiro atoms. The molecule has 1 radical (unpaired) electrons. The number of aryl methyl sites for hydroxylation is 2. The number of nitrogens with two attached hydrogens (primary N) is 1. The summed E-state index contributed by atoms with van der Waals surface area (Å²) >= 11 is 0. The van der Waals surface area contributed by atoms with Gasteiger partial charge < -0.3 is 59.7 Å². The number of phosphoric acid groups is 2. The van der Waals surface area contributed by atoms with Crippen LogP contribution in [0.4, 0.5) is 28.7 Å². The van der Waals surface area contributed by atoms with E-state index in [9.17, 15) is 54.0 Å². The summed E-state index contributed by atoms with van der Waals surface area (Å²) in [6.07, 6.45) is -10.2. The predicted octanol–water partition coefficient (Wildman–Crippen LogP) is -3.19. The van der Waals surface area contributed by atoms with E-state index in [1.807, 2.05) is 4.98 Å². The zero-order valence-corrected chi connectivity index (χ0v) is 29.2. The number of aromatic nitrogens is 6. The fourth-order valence-electron chi connectivity index (χ4n) is 5.59. The minimum absolute atomic E-state index is 0.0163. The number of aliphatic hydroxyl groups excluding tert-OH is 5. The zero-order chi connectivity index (χ0) is 38.6. The highest BCUT2D eigenvalue weighted by molar-refractivity contribution is 7.59. The van der Waals surface area contributed by atoms with Crippen molar-refractivity contribution in [2.24, 2.45) is 0 Å². The predicted molar refractivity (Wildman–Crippen MR) is 174 cm³/mol. The number of fused-ring (bicyclic) bond motifs is 3. The average molecular weight is 785 g/mol. The summed E-state index contributed by atoms with van der Waals surface area (Å²) in [4.78, 5) is 66.9. The first kappa shape index (κ1) is 38.6. The van der Waals surface area contributed by atoms with E-state index in [4.69, 9.17) is 10.5 Å². The van der Waals surface area contributed by atoms with Crippen molar-refractivity contribution >= 4 is 55.5 Å². The van der Waals surface area contributed by atoms with E-state index in [1.54, 1.807) is 26.0 Å². The smallest absolute Gasteiger partial charge is 0.327 e. The van der Waals surface area contributed by atoms with Crippen LogP contribution in [0.3, 0.4) is 0 Å². The van der Waals surface area contributed by atoms with Gasteiger partial charge in [0.2, 0.25) is 0 Å². The Bertz CT molecular complexity index is 2230. The lowest BCUT2D eigenvalue weighted by Crippen LogP contribution is -2.46. The van der Waals surface area contributed by atoms with E-state index in [0.29, 0.717) is 5.69 Å². The maximum atomic E-state index is 12.5. The molecule has 5 heterocycles. The van der Waals surface area contributed by atoms with E-state index in [1.165, 1.54) is 15.8 Å². The van der Waals surface area contributed by atoms with Crippen molar-refractivity contribution in [2.45, 2.75) is 56.7 Å². The Morgan fingerprint density at radius 3 is 2.43 bits per heavy atom. The summed E-state index contributed by atoms with van der Waals surface area (Å²) in [5, 5.41) is 57.2. The Balaban J connectivity index is 1.05. The van der Waals surface area contributed by atoms with Crippen LogP contribution in [0, 0.1) is 13.8 Å². The third kappa shape index (κ3) is 7.91. The van der Waals surface area contributed by atoms with Crippen molar-refractivity contribution < 1.29 is 62.5 Å². The molecule has 2 unspecified atom stereocenters. The number of H-pyrrole nitrogens is 2. The number of aromatic amines is 2. The van der Waals surface area contributed by atoms with Crippen LogP contribution in [0.2, 0.25) is 0 Å². The van der Waals surface area contributed by atoms with E-state index in [-0.39, 0.29) is 34.2 Å². The Morgan fingerprint density at radius 1 is 1.00 bits per heavy atom. The molecule has 0 bridgehead atoms. The summed E-state index contributed by atoms with van der Waals surface area (Å²) < 4.78 is 44.5. The second-order valence-corrected chi connectivity index (χ2v) is 15.0. The molecule has 9 N–H and O–H groups in total. The first-order chi connectivity index (χ1) is 24.9. The molecule has 2 aliphatic rings. The van der Waals surface area contributed by atoms with Gasteiger partial charge in [-0.05, 0) is 37.1 Å². The molecule has 0 aliphatic carbocycles. The lowest BCUT2D eigenvalue weighted by molar-refractivity contribution is -0.247. The van der Waals surface area contributed by atoms with Gasteiger partial charge >= 0.3 is 5.69 Å². The maximum absolute atomic E-state index is 12.5. The number of rotatable bonds is 13. The number of nitrogens with zero attached hydrogens (tertiary/aromatic N) is 6. The van der Waals surface area contributed by atoms with Gasteiger partial charge in [0.15, 0.2) is 23.4 Å². The summed E-state index contributed by atoms with van der Waals surface area (Å²) in [6.45, 7) is 0.629. The van der Waals surface area contributed by atoms with Crippen LogP contribution in [-0.2, 0) is 27.2 Å². The van der Waals surface area contributed by atoms with Crippen molar-refractivity contribution in [1.29, 1.82) is 0 Å². The third-order valence-corrected chi connectivity index (χ3v) is 11.0. The molecule has 0 amide bonds. The summed E-state index contributed by atoms with van der Waals surface area (Å²) in [7, 11) is -11.6. The molecule has 287 valence electrons. The Morgan fingerprint density at radius 2 is 1.70 bits per heavy atom. The molecule has 26 heteroatoms. The quantitative estimate of drug-likeness (QED) is 0.0619. The van der Waals surface area contributed by atoms with E-state index in [2.05, 4.69) is 38.6 Å². The molecule has 1 fully saturated rings. The maximum Gasteiger partial charge on any atom is 0.327 e. The van der Waals surface area contributed by atoms with Gasteiger partial charge in [0.1, 0.15) is 54.3 Å². The topological polar surface area (TPSA) is 371 Å². The molecular weight excluding hydrogens is 752 g/mol. The van der Waals surface area contributed by atoms with Gasteiger partial charge in [0.25, 0.3) is 21.2 Å². The largest absolute Gasteiger partial charge is 0.756 e. The molecule has 1 saturated heterocycles. The molecule has 3 aromatic heterocycles. The van der Waals surface area contributed by atoms with Crippen LogP contribution in [0.5, 0.6) is 0 Å². The highest BCUT2D eigenvalue weighted by atomic mass is 31.3. The van der Waals surface area contributed by atoms with Gasteiger partial charge in [-0.15, -0.1) is 0 Å². The molecule has 2 aliphatic heterocycles. The lowest BCUT2D eigenvalue weighted by atomic mass is 10.0. The molecule has 1 aromatic carbocycles. The molecule has 6 rings (SSSR count). The van der Waals surface area contributed by atoms with Gasteiger partial charge in [0, 0.05) is 0 Å². The number of β-amino-alcohol motifs (C(OH)–C–C–N with tert-alkyl or cyclic N) is 1. The summed E-state index contributed by atoms with van der Waals surface area (Å²) in [5.74, 6) is -0.117. The first-order valence-corrected chi connectivity index (χ1v) is 18.4. The monoisotopic (exact) mass is 784 g/mol. The standard InChI is InChI=1S/C27H34N9O15P2/c1-10-3-12-13(4-11(10)2)35(24-18(32-12)25(42)34-27(43)33-24)5-14(37)19(39)15(38)6-48-52(44,45)51-53(46,47)49-7-16-20(40)21(41)26(50-16)36-9-31-17-22(28)29-8-30-23(17)36/h3-4,8-9,14-16,19-21,26,37-41H,5-7H2,1-2H3,(H,44,45)(H,46,47)(H2,28,29,30)(H2,33,34,42,43)/p-2/t14-,15+,16+,19-,20+,21+,26+/m0/s1. The van der Waals surface area contributed by atoms with Crippen LogP contribution >= 0.6 is 15.6 Å². The van der Waals surface area contributed by atoms with Crippen molar-refractivity contribution in [1.82, 2.24) is 34.8 Å². The van der Waals surface area contributed by atoms with Gasteiger partial charge in [-0.25, -0.2) is 29.4 Å². The molecule has 4 aromatic rings. The van der Waals surface area contributed by atoms with Crippen LogP contribution < -0.4 is 37.0 Å². The molecule has 9 atom stereocenters. The number of hydrogen-bond donors (Lipinski definition) is 8. The second kappa shape index (κ2) is 14.6. The molecule has 24 nitrogen and oxygen atoms in total. The number of nitrogens with one attached hydrogen (secondary N) is 2. The minimum Gasteiger partial charge on any atom is -0.756 e. The van der Waals surface area contributed by atoms with Gasteiger partial charge in [-0.3, -0.25) is 28.5 Å². The highest BCUT2D eigenvalue weighted by Crippen LogP contribution is 2.56. The SMILES string of the molecule is Cc1cc2c(cc1C)N(C[C@H](O)[C@H](O)[C@H](O)COP(=O)([O-])OP(=O)([O-])OC[C@H]1O[C@@H](n3cnc4c(N)ncnc43)[C@H](O)[C@@H]1O)c1[nH]c(=O)[nH]c(=O)c1[N]2. The van der Waals surface area contributed by atoms with Crippen LogP contribution in [-0.4, -0.2) is 111 Å². The zero-order valence-electron chi connectivity index (χ0n) is 27.4. The van der Waals surface area contributed by atoms with Crippen molar-refractivity contribution in [3.63, 3.8) is 0 Å². The van der Waals surface area contributed by atoms with Crippen molar-refractivity contribution in [3.8, 4) is 0 Å². The van der Waals surface area contributed by atoms with Crippen molar-refractivity contribution in [3.05, 3.63) is 56.8 Å². The molecule has 53 heavy (non-hydrogen) atoms. The van der Waals surface area contributed by atoms with E-state index in [0.717, 1.165) is 17.5 Å². The van der Waals surface area contributed by atoms with E-state index < -0.39 is 89.5 Å². The second-order valence-electron chi connectivity index (χ2n) is 12.1. The highest BCUT2D eigenvalue weighted by Gasteiger charge is 2.45. The van der Waals surface area contributed by atoms with Gasteiger partial charge in [-0.1, -0.05) is 0 Å². The van der Waals surface area contributed by atoms with Crippen LogP contribution in [0.25, 0.3) is 11.2 Å². The fourth-order valence-corrected chi connectivity index (χ4v) is 7.62. The van der Waals surface area contributed by atoms with Crippen LogP contribution in [0.1, 0.15) is 17.4 Å². The Hall–Kier alpha value is -4.13. The fraction of sp³-hybridized carbons (Fsp3) is 0.444. The average Bonchev–Trinajstić information content (AvgIpc) is 3.63. The number of aliphatic hydroxyl groups is 5. The first-order valence-electron chi connectivity index (χ1n) is 15.4. The normalized spacial score (nSPS) is 23.8. The minimum atomic E-state index is -5.85. The number of nitrogen functional groups attached to an aromatic ring is 1. The summed E-state index contributed by atoms with van der Waals surface area (Å²) in [5.41, 5.74) is 6.26. The van der Waals surface area contributed by atoms with Gasteiger partial charge in [0.05, 0.1) is 37.5 Å². The number of phosphoric ester groups is 2. The van der Waals surface area contributed by atoms with E-state index >= 15 is 0 Å². The number of hydrogen-bond acceptors (Lipinski definition) is 20. The number of ether oxygens (including phenoxy) is 1. The van der Waals surface area contributed by atoms with Crippen LogP contribution in [0.15, 0.2) is 34.4 Å². The number of anilines is 3. The Kier molecular flexibility index (Phi) is 10.6. The van der Waals surface area contributed by atoms with Crippen molar-refractivity contribution in [2.75, 3.05) is 30.4 Å². The molecule has 0 saturated carbocycles.